The maximum atomic E-state index is 10.8. The molecule has 0 radical (unpaired) electrons. The van der Waals surface area contributed by atoms with Gasteiger partial charge in [0.05, 0.1) is 0 Å². The third-order valence-electron chi connectivity index (χ3n) is 1.21. The molecule has 0 saturated heterocycles. The Morgan fingerprint density at radius 3 is 2.83 bits per heavy atom. The van der Waals surface area contributed by atoms with Crippen LogP contribution < -0.4 is 3.09 Å². The summed E-state index contributed by atoms with van der Waals surface area (Å²) in [4.78, 5) is 0. The van der Waals surface area contributed by atoms with Crippen LogP contribution in [0.2, 0.25) is 0 Å². The van der Waals surface area contributed by atoms with E-state index in [-0.39, 0.29) is 0 Å². The molecule has 66 valence electrons. The molecule has 1 aliphatic rings. The first-order valence-electron chi connectivity index (χ1n) is 3.11. The van der Waals surface area contributed by atoms with Gasteiger partial charge in [-0.25, -0.2) is 0 Å². The first-order chi connectivity index (χ1) is 5.77. The molecule has 0 spiro atoms. The number of fused-ring (bicyclic) bond motifs is 1. The van der Waals surface area contributed by atoms with Gasteiger partial charge in [-0.1, -0.05) is 0 Å². The van der Waals surface area contributed by atoms with Gasteiger partial charge in [0, 0.05) is 0 Å². The van der Waals surface area contributed by atoms with E-state index in [4.69, 9.17) is 4.19 Å². The molecule has 1 aliphatic heterocycles. The molecule has 0 bridgehead atoms. The van der Waals surface area contributed by atoms with E-state index in [2.05, 4.69) is 0 Å². The zero-order valence-corrected chi connectivity index (χ0v) is 10.8. The molecule has 1 aromatic heterocycles. The van der Waals surface area contributed by atoms with E-state index in [0.29, 0.717) is 3.09 Å². The summed E-state index contributed by atoms with van der Waals surface area (Å²) in [5, 5.41) is 0. The second kappa shape index (κ2) is 4.04. The van der Waals surface area contributed by atoms with Gasteiger partial charge in [-0.3, -0.25) is 0 Å². The van der Waals surface area contributed by atoms with Crippen LogP contribution in [-0.2, 0) is 3.83 Å². The number of thioether (sulfide) groups is 2. The van der Waals surface area contributed by atoms with E-state index in [1.54, 1.807) is 23.5 Å². The van der Waals surface area contributed by atoms with Crippen LogP contribution in [0.25, 0.3) is 0 Å². The van der Waals surface area contributed by atoms with Crippen molar-refractivity contribution < 1.29 is 8.02 Å². The summed E-state index contributed by atoms with van der Waals surface area (Å²) >= 11 is 3.95. The Hall–Kier alpha value is 1.03. The van der Waals surface area contributed by atoms with Crippen molar-refractivity contribution in [2.45, 2.75) is 8.42 Å². The summed E-state index contributed by atoms with van der Waals surface area (Å²) in [5.41, 5.74) is 0. The Labute approximate surface area is 90.8 Å². The van der Waals surface area contributed by atoms with Gasteiger partial charge in [0.1, 0.15) is 0 Å². The second-order valence-electron chi connectivity index (χ2n) is 1.98. The van der Waals surface area contributed by atoms with Crippen molar-refractivity contribution >= 4 is 63.4 Å². The molecule has 1 atom stereocenters. The van der Waals surface area contributed by atoms with E-state index in [1.807, 2.05) is 0 Å². The molecule has 12 heavy (non-hydrogen) atoms. The molecule has 1 unspecified atom stereocenters. The van der Waals surface area contributed by atoms with Crippen LogP contribution in [0.5, 0.6) is 0 Å². The molecule has 0 fully saturated rings. The molecule has 0 aromatic carbocycles. The van der Waals surface area contributed by atoms with Crippen molar-refractivity contribution in [2.24, 2.45) is 0 Å². The van der Waals surface area contributed by atoms with E-state index in [1.165, 1.54) is 31.1 Å². The van der Waals surface area contributed by atoms with Crippen LogP contribution in [-0.4, -0.2) is 29.9 Å². The van der Waals surface area contributed by atoms with Crippen molar-refractivity contribution in [3.63, 3.8) is 0 Å². The standard InChI is InChI=1S/C5H4O2S4Se/c6-12(7)5-10-3-4(11-5)9-2-1-8-3/h1-2H2/p+1. The van der Waals surface area contributed by atoms with Gasteiger partial charge in [-0.15, -0.1) is 0 Å². The number of hydrogen-bond acceptors (Lipinski definition) is 4. The molecular formula is C5H5O2S4Se+. The third-order valence-corrected chi connectivity index (χ3v) is 9.68. The summed E-state index contributed by atoms with van der Waals surface area (Å²) in [7, 11) is 0. The minimum absolute atomic E-state index is 0.710. The predicted octanol–water partition coefficient (Wildman–Crippen LogP) is 1.41. The quantitative estimate of drug-likeness (QED) is 0.629. The van der Waals surface area contributed by atoms with Crippen LogP contribution >= 0.6 is 46.2 Å². The Kier molecular flexibility index (Phi) is 3.23. The van der Waals surface area contributed by atoms with Crippen molar-refractivity contribution in [1.82, 2.24) is 0 Å². The van der Waals surface area contributed by atoms with Gasteiger partial charge in [-0.05, 0) is 0 Å². The Bertz CT molecular complexity index is 300. The first kappa shape index (κ1) is 9.58. The van der Waals surface area contributed by atoms with Crippen molar-refractivity contribution in [3.05, 3.63) is 0 Å². The molecule has 1 aromatic rings. The fourth-order valence-electron chi connectivity index (χ4n) is 0.772. The van der Waals surface area contributed by atoms with Gasteiger partial charge in [-0.2, -0.15) is 0 Å². The van der Waals surface area contributed by atoms with Crippen LogP contribution in [0, 0.1) is 0 Å². The van der Waals surface area contributed by atoms with Gasteiger partial charge >= 0.3 is 91.4 Å². The molecule has 2 heterocycles. The van der Waals surface area contributed by atoms with Crippen molar-refractivity contribution in [3.8, 4) is 0 Å². The fourth-order valence-corrected chi connectivity index (χ4v) is 8.98. The number of rotatable bonds is 1. The zero-order chi connectivity index (χ0) is 8.55. The normalized spacial score (nSPS) is 18.8. The van der Waals surface area contributed by atoms with Crippen LogP contribution in [0.1, 0.15) is 0 Å². The molecule has 2 rings (SSSR count). The zero-order valence-electron chi connectivity index (χ0n) is 5.81. The molecule has 0 amide bonds. The second-order valence-corrected chi connectivity index (χ2v) is 10.1. The molecule has 0 aliphatic carbocycles. The molecule has 2 nitrogen and oxygen atoms in total. The van der Waals surface area contributed by atoms with E-state index in [9.17, 15) is 3.83 Å². The summed E-state index contributed by atoms with van der Waals surface area (Å²) < 4.78 is 23.0. The molecule has 1 N–H and O–H groups in total. The van der Waals surface area contributed by atoms with Crippen molar-refractivity contribution in [1.29, 1.82) is 0 Å². The SMILES string of the molecule is O=[Se](O)c1sc2c([s+]1)SCCS2. The molecule has 0 saturated carbocycles. The average molecular weight is 304 g/mol. The Morgan fingerprint density at radius 2 is 2.17 bits per heavy atom. The van der Waals surface area contributed by atoms with E-state index < -0.39 is 14.2 Å². The molecule has 7 heteroatoms. The summed E-state index contributed by atoms with van der Waals surface area (Å²) in [6, 6.07) is 0. The van der Waals surface area contributed by atoms with Gasteiger partial charge in [0.15, 0.2) is 0 Å². The van der Waals surface area contributed by atoms with Gasteiger partial charge in [0.25, 0.3) is 0 Å². The monoisotopic (exact) mass is 305 g/mol. The fraction of sp³-hybridized carbons (Fsp3) is 0.400. The first-order valence-corrected chi connectivity index (χ1v) is 9.03. The van der Waals surface area contributed by atoms with Gasteiger partial charge in [0.2, 0.25) is 0 Å². The predicted molar refractivity (Wildman–Crippen MR) is 56.3 cm³/mol. The van der Waals surface area contributed by atoms with E-state index in [0.717, 1.165) is 11.5 Å². The van der Waals surface area contributed by atoms with Gasteiger partial charge < -0.3 is 0 Å². The Morgan fingerprint density at radius 1 is 1.42 bits per heavy atom. The van der Waals surface area contributed by atoms with Crippen LogP contribution in [0.4, 0.5) is 0 Å². The summed E-state index contributed by atoms with van der Waals surface area (Å²) in [6.07, 6.45) is 0. The summed E-state index contributed by atoms with van der Waals surface area (Å²) in [6.45, 7) is 0. The van der Waals surface area contributed by atoms with Crippen molar-refractivity contribution in [2.75, 3.05) is 11.5 Å². The molecular weight excluding hydrogens is 299 g/mol. The summed E-state index contributed by atoms with van der Waals surface area (Å²) in [5.74, 6) is 2.25. The minimum atomic E-state index is -2.65. The third kappa shape index (κ3) is 1.92. The van der Waals surface area contributed by atoms with E-state index >= 15 is 0 Å². The number of hydrogen-bond donors (Lipinski definition) is 1. The van der Waals surface area contributed by atoms with Crippen LogP contribution in [0.15, 0.2) is 8.42 Å². The topological polar surface area (TPSA) is 37.3 Å². The van der Waals surface area contributed by atoms with Crippen LogP contribution in [0.3, 0.4) is 0 Å². The average Bonchev–Trinajstić information content (AvgIpc) is 2.46. The maximum absolute atomic E-state index is 10.8. The Balaban J connectivity index is 2.38.